The monoisotopic (exact) mass is 476 g/mol. The van der Waals surface area contributed by atoms with Crippen LogP contribution in [0.2, 0.25) is 0 Å². The minimum Gasteiger partial charge on any atom is -0.337 e. The average molecular weight is 477 g/mol. The standard InChI is InChI=1S/C25H24N4O4S/c30-21(27-23(32)26-14-13-20-12-7-15-34-20)17-29-22(31)25(28-24(29)33,19-10-5-2-6-11-19)16-18-8-3-1-4-9-18/h1-12,15H,13-14,16-17H2,(H,28,33)(H2,26,27,30,32). The first-order chi connectivity index (χ1) is 16.5. The van der Waals surface area contributed by atoms with Gasteiger partial charge in [-0.05, 0) is 29.0 Å². The number of urea groups is 2. The minimum atomic E-state index is -1.34. The summed E-state index contributed by atoms with van der Waals surface area (Å²) >= 11 is 1.58. The topological polar surface area (TPSA) is 108 Å². The molecule has 6 amide bonds. The first-order valence-corrected chi connectivity index (χ1v) is 11.7. The lowest BCUT2D eigenvalue weighted by atomic mass is 9.83. The third-order valence-electron chi connectivity index (χ3n) is 5.55. The Labute approximate surface area is 201 Å². The number of hydrogen-bond acceptors (Lipinski definition) is 5. The molecule has 1 atom stereocenters. The van der Waals surface area contributed by atoms with Gasteiger partial charge in [-0.3, -0.25) is 19.8 Å². The molecule has 3 N–H and O–H groups in total. The fourth-order valence-electron chi connectivity index (χ4n) is 3.92. The van der Waals surface area contributed by atoms with Gasteiger partial charge in [0.15, 0.2) is 5.54 Å². The van der Waals surface area contributed by atoms with Gasteiger partial charge in [0.25, 0.3) is 5.91 Å². The first-order valence-electron chi connectivity index (χ1n) is 10.8. The van der Waals surface area contributed by atoms with Gasteiger partial charge in [-0.15, -0.1) is 11.3 Å². The highest BCUT2D eigenvalue weighted by atomic mass is 32.1. The van der Waals surface area contributed by atoms with E-state index in [-0.39, 0.29) is 6.42 Å². The summed E-state index contributed by atoms with van der Waals surface area (Å²) in [5.74, 6) is -1.29. The van der Waals surface area contributed by atoms with E-state index in [1.165, 1.54) is 0 Å². The molecular formula is C25H24N4O4S. The van der Waals surface area contributed by atoms with Crippen LogP contribution in [-0.2, 0) is 28.0 Å². The second kappa shape index (κ2) is 10.3. The maximum Gasteiger partial charge on any atom is 0.325 e. The third kappa shape index (κ3) is 5.15. The van der Waals surface area contributed by atoms with Gasteiger partial charge in [0.1, 0.15) is 6.54 Å². The maximum atomic E-state index is 13.5. The lowest BCUT2D eigenvalue weighted by Gasteiger charge is -2.27. The Morgan fingerprint density at radius 2 is 1.65 bits per heavy atom. The van der Waals surface area contributed by atoms with E-state index in [2.05, 4.69) is 16.0 Å². The molecule has 1 saturated heterocycles. The molecule has 0 aliphatic carbocycles. The van der Waals surface area contributed by atoms with E-state index in [9.17, 15) is 19.2 Å². The molecule has 0 bridgehead atoms. The van der Waals surface area contributed by atoms with Crippen molar-refractivity contribution in [3.05, 3.63) is 94.2 Å². The number of hydrogen-bond donors (Lipinski definition) is 3. The molecule has 0 spiro atoms. The van der Waals surface area contributed by atoms with Crippen LogP contribution in [0.3, 0.4) is 0 Å². The summed E-state index contributed by atoms with van der Waals surface area (Å²) in [6, 6.07) is 20.8. The van der Waals surface area contributed by atoms with E-state index in [0.717, 1.165) is 15.3 Å². The average Bonchev–Trinajstić information content (AvgIpc) is 3.43. The molecule has 2 aromatic carbocycles. The molecule has 3 aromatic rings. The molecule has 1 aliphatic rings. The Bertz CT molecular complexity index is 1170. The molecule has 0 saturated carbocycles. The van der Waals surface area contributed by atoms with E-state index >= 15 is 0 Å². The van der Waals surface area contributed by atoms with Crippen molar-refractivity contribution in [2.24, 2.45) is 0 Å². The van der Waals surface area contributed by atoms with Gasteiger partial charge in [0.05, 0.1) is 0 Å². The van der Waals surface area contributed by atoms with Crippen molar-refractivity contribution in [1.29, 1.82) is 0 Å². The van der Waals surface area contributed by atoms with E-state index in [1.54, 1.807) is 35.6 Å². The largest absolute Gasteiger partial charge is 0.337 e. The number of benzene rings is 2. The second-order valence-corrected chi connectivity index (χ2v) is 8.92. The predicted octanol–water partition coefficient (Wildman–Crippen LogP) is 2.81. The third-order valence-corrected chi connectivity index (χ3v) is 6.48. The normalized spacial score (nSPS) is 17.4. The van der Waals surface area contributed by atoms with Crippen molar-refractivity contribution in [2.75, 3.05) is 13.1 Å². The Kier molecular flexibility index (Phi) is 7.03. The first kappa shape index (κ1) is 23.2. The molecule has 1 aliphatic heterocycles. The van der Waals surface area contributed by atoms with Crippen LogP contribution in [0, 0.1) is 0 Å². The molecule has 9 heteroatoms. The Morgan fingerprint density at radius 1 is 0.941 bits per heavy atom. The van der Waals surface area contributed by atoms with Crippen LogP contribution in [0.25, 0.3) is 0 Å². The Hall–Kier alpha value is -3.98. The van der Waals surface area contributed by atoms with Crippen LogP contribution in [0.1, 0.15) is 16.0 Å². The highest BCUT2D eigenvalue weighted by Gasteiger charge is 2.52. The summed E-state index contributed by atoms with van der Waals surface area (Å²) in [5, 5.41) is 9.54. The SMILES string of the molecule is O=C(CN1C(=O)NC(Cc2ccccc2)(c2ccccc2)C1=O)NC(=O)NCCc1cccs1. The molecule has 1 unspecified atom stereocenters. The number of carbonyl (C=O) groups excluding carboxylic acids is 4. The van der Waals surface area contributed by atoms with Gasteiger partial charge in [-0.25, -0.2) is 9.59 Å². The van der Waals surface area contributed by atoms with Crippen LogP contribution in [0.5, 0.6) is 0 Å². The predicted molar refractivity (Wildman–Crippen MR) is 128 cm³/mol. The van der Waals surface area contributed by atoms with Gasteiger partial charge in [0, 0.05) is 17.8 Å². The number of thiophene rings is 1. The van der Waals surface area contributed by atoms with E-state index in [1.807, 2.05) is 53.9 Å². The molecule has 4 rings (SSSR count). The minimum absolute atomic E-state index is 0.226. The number of nitrogens with one attached hydrogen (secondary N) is 3. The zero-order valence-electron chi connectivity index (χ0n) is 18.3. The summed E-state index contributed by atoms with van der Waals surface area (Å²) in [6.45, 7) is -0.205. The summed E-state index contributed by atoms with van der Waals surface area (Å²) in [6.07, 6.45) is 0.870. The van der Waals surface area contributed by atoms with Crippen molar-refractivity contribution < 1.29 is 19.2 Å². The number of amides is 6. The van der Waals surface area contributed by atoms with Gasteiger partial charge in [0.2, 0.25) is 5.91 Å². The molecular weight excluding hydrogens is 452 g/mol. The number of nitrogens with zero attached hydrogens (tertiary/aromatic N) is 1. The quantitative estimate of drug-likeness (QED) is 0.435. The Morgan fingerprint density at radius 3 is 2.32 bits per heavy atom. The summed E-state index contributed by atoms with van der Waals surface area (Å²) < 4.78 is 0. The molecule has 34 heavy (non-hydrogen) atoms. The van der Waals surface area contributed by atoms with Gasteiger partial charge in [-0.2, -0.15) is 0 Å². The molecule has 1 aromatic heterocycles. The van der Waals surface area contributed by atoms with Crippen LogP contribution in [0.4, 0.5) is 9.59 Å². The fraction of sp³-hybridized carbons (Fsp3) is 0.200. The molecule has 0 radical (unpaired) electrons. The number of carbonyl (C=O) groups is 4. The maximum absolute atomic E-state index is 13.5. The highest BCUT2D eigenvalue weighted by Crippen LogP contribution is 2.32. The molecule has 1 fully saturated rings. The van der Waals surface area contributed by atoms with Gasteiger partial charge < -0.3 is 10.6 Å². The number of imide groups is 2. The lowest BCUT2D eigenvalue weighted by Crippen LogP contribution is -2.48. The van der Waals surface area contributed by atoms with Crippen molar-refractivity contribution >= 4 is 35.2 Å². The zero-order chi connectivity index (χ0) is 24.0. The highest BCUT2D eigenvalue weighted by molar-refractivity contribution is 7.09. The Balaban J connectivity index is 1.43. The molecule has 174 valence electrons. The molecule has 2 heterocycles. The van der Waals surface area contributed by atoms with Crippen molar-refractivity contribution in [2.45, 2.75) is 18.4 Å². The smallest absolute Gasteiger partial charge is 0.325 e. The van der Waals surface area contributed by atoms with Crippen LogP contribution >= 0.6 is 11.3 Å². The van der Waals surface area contributed by atoms with Gasteiger partial charge in [-0.1, -0.05) is 66.7 Å². The van der Waals surface area contributed by atoms with Crippen molar-refractivity contribution in [3.8, 4) is 0 Å². The zero-order valence-corrected chi connectivity index (χ0v) is 19.1. The van der Waals surface area contributed by atoms with Crippen LogP contribution in [0.15, 0.2) is 78.2 Å². The van der Waals surface area contributed by atoms with Crippen molar-refractivity contribution in [1.82, 2.24) is 20.9 Å². The lowest BCUT2D eigenvalue weighted by molar-refractivity contribution is -0.135. The van der Waals surface area contributed by atoms with E-state index < -0.39 is 36.0 Å². The van der Waals surface area contributed by atoms with E-state index in [4.69, 9.17) is 0 Å². The number of rotatable bonds is 8. The molecule has 8 nitrogen and oxygen atoms in total. The van der Waals surface area contributed by atoms with Gasteiger partial charge >= 0.3 is 12.1 Å². The van der Waals surface area contributed by atoms with Crippen LogP contribution in [-0.4, -0.2) is 41.9 Å². The van der Waals surface area contributed by atoms with E-state index in [0.29, 0.717) is 18.5 Å². The van der Waals surface area contributed by atoms with Crippen molar-refractivity contribution in [3.63, 3.8) is 0 Å². The fourth-order valence-corrected chi connectivity index (χ4v) is 4.63. The summed E-state index contributed by atoms with van der Waals surface area (Å²) in [5.41, 5.74) is 0.131. The summed E-state index contributed by atoms with van der Waals surface area (Å²) in [7, 11) is 0. The summed E-state index contributed by atoms with van der Waals surface area (Å²) in [4.78, 5) is 52.8. The second-order valence-electron chi connectivity index (χ2n) is 7.89. The van der Waals surface area contributed by atoms with Crippen LogP contribution < -0.4 is 16.0 Å².